The first-order valence-electron chi connectivity index (χ1n) is 7.30. The third-order valence-corrected chi connectivity index (χ3v) is 5.44. The SMILES string of the molecule is CC(=O)N(C(C)=O)N1C(=O)[C@@H]2[C@@H]3C=C[C@@H]([C@H]4C[C@@H]34)[C@@H]2C1=O. The van der Waals surface area contributed by atoms with Crippen molar-refractivity contribution in [2.75, 3.05) is 0 Å². The van der Waals surface area contributed by atoms with Gasteiger partial charge in [-0.05, 0) is 30.1 Å². The standard InChI is InChI=1S/C15H16N2O4/c1-6(18)16(7(2)19)17-14(20)12-8-3-4-9(11-5-10(8)11)13(12)15(17)21/h3-4,8-13H,5H2,1-2H3/t8-,9+,10+,11-,12-,13+. The van der Waals surface area contributed by atoms with Gasteiger partial charge in [0.05, 0.1) is 11.8 Å². The topological polar surface area (TPSA) is 74.8 Å². The van der Waals surface area contributed by atoms with Crippen molar-refractivity contribution in [3.63, 3.8) is 0 Å². The first-order chi connectivity index (χ1) is 9.93. The second-order valence-corrected chi connectivity index (χ2v) is 6.49. The van der Waals surface area contributed by atoms with E-state index in [1.165, 1.54) is 13.8 Å². The summed E-state index contributed by atoms with van der Waals surface area (Å²) in [5.41, 5.74) is 0. The molecular weight excluding hydrogens is 272 g/mol. The molecule has 3 fully saturated rings. The van der Waals surface area contributed by atoms with Gasteiger partial charge < -0.3 is 0 Å². The highest BCUT2D eigenvalue weighted by atomic mass is 16.2. The van der Waals surface area contributed by atoms with Crippen LogP contribution in [-0.2, 0) is 19.2 Å². The number of rotatable bonds is 1. The number of amides is 4. The minimum Gasteiger partial charge on any atom is -0.273 e. The fraction of sp³-hybridized carbons (Fsp3) is 0.600. The second-order valence-electron chi connectivity index (χ2n) is 6.49. The molecule has 0 N–H and O–H groups in total. The van der Waals surface area contributed by atoms with Crippen LogP contribution >= 0.6 is 0 Å². The van der Waals surface area contributed by atoms with Crippen LogP contribution in [0, 0.1) is 35.5 Å². The van der Waals surface area contributed by atoms with E-state index in [1.54, 1.807) is 0 Å². The van der Waals surface area contributed by atoms with E-state index in [9.17, 15) is 19.2 Å². The molecule has 4 amide bonds. The zero-order chi connectivity index (χ0) is 15.0. The summed E-state index contributed by atoms with van der Waals surface area (Å²) < 4.78 is 0. The van der Waals surface area contributed by atoms with E-state index >= 15 is 0 Å². The van der Waals surface area contributed by atoms with Crippen LogP contribution in [0.25, 0.3) is 0 Å². The van der Waals surface area contributed by atoms with Crippen LogP contribution in [0.15, 0.2) is 12.2 Å². The fourth-order valence-electron chi connectivity index (χ4n) is 4.64. The van der Waals surface area contributed by atoms with Crippen molar-refractivity contribution in [1.82, 2.24) is 10.0 Å². The van der Waals surface area contributed by atoms with E-state index in [4.69, 9.17) is 0 Å². The molecule has 6 nitrogen and oxygen atoms in total. The lowest BCUT2D eigenvalue weighted by atomic mass is 9.63. The first kappa shape index (κ1) is 12.7. The number of hydrogen-bond donors (Lipinski definition) is 0. The molecule has 6 heteroatoms. The number of imide groups is 2. The van der Waals surface area contributed by atoms with Crippen LogP contribution in [0.4, 0.5) is 0 Å². The summed E-state index contributed by atoms with van der Waals surface area (Å²) in [6.45, 7) is 2.38. The van der Waals surface area contributed by atoms with Gasteiger partial charge >= 0.3 is 0 Å². The normalized spacial score (nSPS) is 41.9. The summed E-state index contributed by atoms with van der Waals surface area (Å²) in [7, 11) is 0. The molecule has 0 aromatic carbocycles. The van der Waals surface area contributed by atoms with Crippen LogP contribution in [0.3, 0.4) is 0 Å². The molecule has 6 atom stereocenters. The average Bonchev–Trinajstić information content (AvgIpc) is 3.19. The largest absolute Gasteiger partial charge is 0.273 e. The maximum atomic E-state index is 12.7. The lowest BCUT2D eigenvalue weighted by molar-refractivity contribution is -0.175. The van der Waals surface area contributed by atoms with Gasteiger partial charge in [-0.3, -0.25) is 19.2 Å². The second kappa shape index (κ2) is 3.81. The lowest BCUT2D eigenvalue weighted by Gasteiger charge is -2.37. The molecule has 1 saturated heterocycles. The Morgan fingerprint density at radius 3 is 1.81 bits per heavy atom. The summed E-state index contributed by atoms with van der Waals surface area (Å²) in [4.78, 5) is 48.7. The molecule has 2 saturated carbocycles. The minimum atomic E-state index is -0.603. The molecule has 110 valence electrons. The van der Waals surface area contributed by atoms with Gasteiger partial charge in [0.2, 0.25) is 11.8 Å². The summed E-state index contributed by atoms with van der Waals surface area (Å²) in [6.07, 6.45) is 5.19. The smallest absolute Gasteiger partial charge is 0.253 e. The van der Waals surface area contributed by atoms with E-state index in [0.29, 0.717) is 16.8 Å². The van der Waals surface area contributed by atoms with Gasteiger partial charge in [-0.15, -0.1) is 0 Å². The third-order valence-electron chi connectivity index (χ3n) is 5.44. The predicted octanol–water partition coefficient (Wildman–Crippen LogP) is 0.350. The van der Waals surface area contributed by atoms with E-state index in [1.807, 2.05) is 0 Å². The Kier molecular flexibility index (Phi) is 2.31. The van der Waals surface area contributed by atoms with Crippen LogP contribution in [0.2, 0.25) is 0 Å². The van der Waals surface area contributed by atoms with Crippen LogP contribution in [0.5, 0.6) is 0 Å². The Hall–Kier alpha value is -1.98. The van der Waals surface area contributed by atoms with Crippen molar-refractivity contribution in [1.29, 1.82) is 0 Å². The zero-order valence-corrected chi connectivity index (χ0v) is 11.9. The lowest BCUT2D eigenvalue weighted by Crippen LogP contribution is -2.51. The van der Waals surface area contributed by atoms with Crippen LogP contribution < -0.4 is 0 Å². The number of hydrazine groups is 1. The summed E-state index contributed by atoms with van der Waals surface area (Å²) in [5.74, 6) is -1.58. The minimum absolute atomic E-state index is 0.0900. The van der Waals surface area contributed by atoms with Gasteiger partial charge in [0, 0.05) is 13.8 Å². The van der Waals surface area contributed by atoms with E-state index in [0.717, 1.165) is 11.4 Å². The number of carbonyl (C=O) groups excluding carboxylic acids is 4. The summed E-state index contributed by atoms with van der Waals surface area (Å²) in [5, 5.41) is 1.49. The molecular formula is C15H16N2O4. The Balaban J connectivity index is 1.75. The summed E-state index contributed by atoms with van der Waals surface area (Å²) >= 11 is 0. The molecule has 0 radical (unpaired) electrons. The Morgan fingerprint density at radius 1 is 1.00 bits per heavy atom. The van der Waals surface area contributed by atoms with Crippen molar-refractivity contribution in [2.24, 2.45) is 35.5 Å². The van der Waals surface area contributed by atoms with Gasteiger partial charge in [0.15, 0.2) is 0 Å². The fourth-order valence-corrected chi connectivity index (χ4v) is 4.64. The molecule has 5 aliphatic rings. The molecule has 0 aromatic rings. The molecule has 2 bridgehead atoms. The molecule has 1 aliphatic heterocycles. The number of carbonyl (C=O) groups is 4. The highest BCUT2D eigenvalue weighted by Gasteiger charge is 2.68. The highest BCUT2D eigenvalue weighted by molar-refractivity contribution is 6.10. The predicted molar refractivity (Wildman–Crippen MR) is 69.8 cm³/mol. The van der Waals surface area contributed by atoms with E-state index in [-0.39, 0.29) is 23.7 Å². The quantitative estimate of drug-likeness (QED) is 0.515. The Bertz CT molecular complexity index is 575. The Morgan fingerprint density at radius 2 is 1.43 bits per heavy atom. The zero-order valence-electron chi connectivity index (χ0n) is 11.9. The first-order valence-corrected chi connectivity index (χ1v) is 7.30. The maximum Gasteiger partial charge on any atom is 0.253 e. The molecule has 21 heavy (non-hydrogen) atoms. The molecule has 1 heterocycles. The van der Waals surface area contributed by atoms with Crippen molar-refractivity contribution in [3.8, 4) is 0 Å². The van der Waals surface area contributed by atoms with Gasteiger partial charge in [-0.25, -0.2) is 0 Å². The van der Waals surface area contributed by atoms with Crippen molar-refractivity contribution in [2.45, 2.75) is 20.3 Å². The number of nitrogens with zero attached hydrogens (tertiary/aromatic N) is 2. The maximum absolute atomic E-state index is 12.7. The highest BCUT2D eigenvalue weighted by Crippen LogP contribution is 2.65. The molecule has 0 aromatic heterocycles. The van der Waals surface area contributed by atoms with Crippen molar-refractivity contribution >= 4 is 23.6 Å². The molecule has 4 aliphatic carbocycles. The van der Waals surface area contributed by atoms with E-state index < -0.39 is 23.7 Å². The van der Waals surface area contributed by atoms with Crippen molar-refractivity contribution in [3.05, 3.63) is 12.2 Å². The number of allylic oxidation sites excluding steroid dienone is 2. The monoisotopic (exact) mass is 288 g/mol. The molecule has 5 rings (SSSR count). The molecule has 0 spiro atoms. The van der Waals surface area contributed by atoms with Gasteiger partial charge in [0.1, 0.15) is 0 Å². The van der Waals surface area contributed by atoms with Gasteiger partial charge in [0.25, 0.3) is 11.8 Å². The van der Waals surface area contributed by atoms with E-state index in [2.05, 4.69) is 12.2 Å². The summed E-state index contributed by atoms with van der Waals surface area (Å²) in [6, 6.07) is 0. The van der Waals surface area contributed by atoms with Crippen LogP contribution in [0.1, 0.15) is 20.3 Å². The third kappa shape index (κ3) is 1.42. The number of hydrogen-bond acceptors (Lipinski definition) is 4. The Labute approximate surface area is 121 Å². The van der Waals surface area contributed by atoms with Crippen LogP contribution in [-0.4, -0.2) is 33.6 Å². The van der Waals surface area contributed by atoms with Gasteiger partial charge in [-0.1, -0.05) is 12.2 Å². The average molecular weight is 288 g/mol. The van der Waals surface area contributed by atoms with Crippen molar-refractivity contribution < 1.29 is 19.2 Å². The van der Waals surface area contributed by atoms with Gasteiger partial charge in [-0.2, -0.15) is 10.0 Å². The molecule has 0 unspecified atom stereocenters.